The third-order valence-electron chi connectivity index (χ3n) is 15.1. The normalized spacial score (nSPS) is 13.6. The molecule has 0 N–H and O–H groups in total. The first-order valence-corrected chi connectivity index (χ1v) is 29.8. The lowest BCUT2D eigenvalue weighted by Crippen LogP contribution is -2.17. The maximum atomic E-state index is 7.26. The van der Waals surface area contributed by atoms with Crippen molar-refractivity contribution in [2.45, 2.75) is 268 Å². The summed E-state index contributed by atoms with van der Waals surface area (Å²) in [6.07, 6.45) is 20.4. The summed E-state index contributed by atoms with van der Waals surface area (Å²) in [5.74, 6) is 3.96. The highest BCUT2D eigenvalue weighted by molar-refractivity contribution is 5.58. The van der Waals surface area contributed by atoms with Gasteiger partial charge in [0.25, 0.3) is 0 Å². The molecule has 8 bridgehead atoms. The van der Waals surface area contributed by atoms with Crippen molar-refractivity contribution < 1.29 is 23.7 Å². The fourth-order valence-electron chi connectivity index (χ4n) is 10.2. The van der Waals surface area contributed by atoms with Gasteiger partial charge in [0.15, 0.2) is 0 Å². The number of hydrogen-bond donors (Lipinski definition) is 0. The zero-order valence-corrected chi connectivity index (χ0v) is 50.3. The van der Waals surface area contributed by atoms with E-state index in [9.17, 15) is 0 Å². The van der Waals surface area contributed by atoms with E-state index in [0.29, 0.717) is 58.9 Å². The zero-order chi connectivity index (χ0) is 54.1. The first-order valence-electron chi connectivity index (χ1n) is 29.8. The topological polar surface area (TPSA) is 46.2 Å². The van der Waals surface area contributed by atoms with Gasteiger partial charge in [-0.15, -0.1) is 0 Å². The van der Waals surface area contributed by atoms with Crippen molar-refractivity contribution in [3.05, 3.63) is 115 Å². The predicted octanol–water partition coefficient (Wildman–Crippen LogP) is 19.5. The Bertz CT molecular complexity index is 2180. The molecule has 5 nitrogen and oxygen atoms in total. The highest BCUT2D eigenvalue weighted by Crippen LogP contribution is 2.43. The van der Waals surface area contributed by atoms with Gasteiger partial charge in [0.05, 0.1) is 39.6 Å². The van der Waals surface area contributed by atoms with Gasteiger partial charge in [0, 0.05) is 30.4 Å². The largest absolute Gasteiger partial charge is 0.493 e. The third-order valence-corrected chi connectivity index (χ3v) is 15.1. The summed E-state index contributed by atoms with van der Waals surface area (Å²) in [6.45, 7) is 40.8. The van der Waals surface area contributed by atoms with Crippen LogP contribution in [0.5, 0.6) is 23.0 Å². The van der Waals surface area contributed by atoms with Crippen molar-refractivity contribution in [2.75, 3.05) is 26.4 Å². The molecule has 1 aliphatic rings. The van der Waals surface area contributed by atoms with Gasteiger partial charge in [0.2, 0.25) is 0 Å². The maximum absolute atomic E-state index is 7.26. The Hall–Kier alpha value is -3.96. The molecule has 0 aromatic heterocycles. The number of rotatable bonds is 24. The van der Waals surface area contributed by atoms with Gasteiger partial charge in [-0.1, -0.05) is 224 Å². The lowest BCUT2D eigenvalue weighted by Gasteiger charge is -2.29. The minimum absolute atomic E-state index is 0.103. The molecule has 1 aliphatic heterocycles. The lowest BCUT2D eigenvalue weighted by atomic mass is 9.80. The van der Waals surface area contributed by atoms with Crippen LogP contribution in [0.1, 0.15) is 280 Å². The van der Waals surface area contributed by atoms with E-state index in [4.69, 9.17) is 23.7 Å². The fraction of sp³-hybridized carbons (Fsp3) is 0.652. The van der Waals surface area contributed by atoms with Gasteiger partial charge in [0.1, 0.15) is 23.0 Å². The van der Waals surface area contributed by atoms with Gasteiger partial charge in [-0.25, -0.2) is 0 Å². The lowest BCUT2D eigenvalue weighted by molar-refractivity contribution is 0.102. The van der Waals surface area contributed by atoms with Gasteiger partial charge in [-0.2, -0.15) is 0 Å². The highest BCUT2D eigenvalue weighted by atomic mass is 16.5. The highest BCUT2D eigenvalue weighted by Gasteiger charge is 2.29. The third kappa shape index (κ3) is 18.1. The van der Waals surface area contributed by atoms with Crippen LogP contribution in [-0.2, 0) is 58.9 Å². The number of fused-ring (bicyclic) bond motifs is 8. The van der Waals surface area contributed by atoms with E-state index in [1.165, 1.54) is 107 Å². The van der Waals surface area contributed by atoms with Crippen molar-refractivity contribution >= 4 is 0 Å². The molecule has 74 heavy (non-hydrogen) atoms. The minimum Gasteiger partial charge on any atom is -0.493 e. The SMILES string of the molecule is CCCCCCOc1c2cc(C(C)(C)C)cc1Cc1cc(C(C)(C)C)cc(c1OCCCCCC)Cc1cc(C(C)(C)C)cc(c1OCCCCCC)Cc1cc(C(C)(C)C)cc(c1OCCCCCC)COC2. The van der Waals surface area contributed by atoms with Crippen LogP contribution in [0.25, 0.3) is 0 Å². The number of ether oxygens (including phenoxy) is 5. The quantitative estimate of drug-likeness (QED) is 0.0655. The molecule has 4 aromatic rings. The summed E-state index contributed by atoms with van der Waals surface area (Å²) < 4.78 is 35.8. The van der Waals surface area contributed by atoms with Gasteiger partial charge < -0.3 is 23.7 Å². The van der Waals surface area contributed by atoms with Crippen LogP contribution in [0.15, 0.2) is 48.5 Å². The van der Waals surface area contributed by atoms with Crippen LogP contribution in [0.3, 0.4) is 0 Å². The second-order valence-electron chi connectivity index (χ2n) is 26.2. The molecule has 5 rings (SSSR count). The Labute approximate surface area is 454 Å². The Morgan fingerprint density at radius 3 is 0.703 bits per heavy atom. The van der Waals surface area contributed by atoms with Crippen LogP contribution < -0.4 is 18.9 Å². The maximum Gasteiger partial charge on any atom is 0.128 e. The van der Waals surface area contributed by atoms with Crippen LogP contribution in [-0.4, -0.2) is 26.4 Å². The van der Waals surface area contributed by atoms with E-state index in [1.54, 1.807) is 0 Å². The van der Waals surface area contributed by atoms with E-state index in [2.05, 4.69) is 159 Å². The van der Waals surface area contributed by atoms with Crippen LogP contribution in [0, 0.1) is 0 Å². The van der Waals surface area contributed by atoms with E-state index in [0.717, 1.165) is 85.5 Å². The smallest absolute Gasteiger partial charge is 0.128 e. The van der Waals surface area contributed by atoms with E-state index in [1.807, 2.05) is 0 Å². The summed E-state index contributed by atoms with van der Waals surface area (Å²) in [7, 11) is 0. The first kappa shape index (κ1) is 60.9. The summed E-state index contributed by atoms with van der Waals surface area (Å²) in [5.41, 5.74) is 14.3. The van der Waals surface area contributed by atoms with Gasteiger partial charge >= 0.3 is 0 Å². The van der Waals surface area contributed by atoms with Crippen molar-refractivity contribution in [2.24, 2.45) is 0 Å². The van der Waals surface area contributed by atoms with Crippen molar-refractivity contribution in [3.63, 3.8) is 0 Å². The fourth-order valence-corrected chi connectivity index (χ4v) is 10.2. The molecular formula is C69H106O5. The second kappa shape index (κ2) is 28.4. The predicted molar refractivity (Wildman–Crippen MR) is 316 cm³/mol. The van der Waals surface area contributed by atoms with Crippen molar-refractivity contribution in [3.8, 4) is 23.0 Å². The Morgan fingerprint density at radius 2 is 0.500 bits per heavy atom. The Kier molecular flexibility index (Phi) is 23.4. The zero-order valence-electron chi connectivity index (χ0n) is 50.3. The minimum atomic E-state index is -0.106. The molecule has 0 aliphatic carbocycles. The van der Waals surface area contributed by atoms with E-state index < -0.39 is 0 Å². The van der Waals surface area contributed by atoms with Gasteiger partial charge in [-0.05, 0) is 115 Å². The molecule has 0 radical (unpaired) electrons. The Balaban J connectivity index is 1.92. The van der Waals surface area contributed by atoms with Crippen LogP contribution in [0.4, 0.5) is 0 Å². The summed E-state index contributed by atoms with van der Waals surface area (Å²) in [5, 5.41) is 0. The number of unbranched alkanes of at least 4 members (excludes halogenated alkanes) is 12. The van der Waals surface area contributed by atoms with Crippen molar-refractivity contribution in [1.82, 2.24) is 0 Å². The molecule has 0 saturated carbocycles. The molecule has 0 saturated heterocycles. The number of benzene rings is 4. The first-order chi connectivity index (χ1) is 35.1. The molecule has 0 unspecified atom stereocenters. The Morgan fingerprint density at radius 1 is 0.297 bits per heavy atom. The van der Waals surface area contributed by atoms with Crippen LogP contribution >= 0.6 is 0 Å². The molecule has 4 aromatic carbocycles. The standard InChI is InChI=1S/C69H106O5/c1-17-21-25-29-33-71-62-50-37-51-41-59(67(8,9)10)43-53(63(51)72-34-30-26-22-18-2)39-55-45-61(69(14,15)16)47-57(65(55)74-36-32-28-24-20-4)49-70-48-56-46-60(68(11,12)13)44-54(64(56)73-35-31-27-23-19-3)38-52(62)42-58(40-50)66(5,6)7/h40-47H,17-39,48-49H2,1-16H3. The van der Waals surface area contributed by atoms with Crippen molar-refractivity contribution in [1.29, 1.82) is 0 Å². The molecule has 0 fully saturated rings. The van der Waals surface area contributed by atoms with Gasteiger partial charge in [-0.3, -0.25) is 0 Å². The summed E-state index contributed by atoms with van der Waals surface area (Å²) in [6, 6.07) is 19.5. The van der Waals surface area contributed by atoms with Crippen LogP contribution in [0.2, 0.25) is 0 Å². The molecule has 0 spiro atoms. The summed E-state index contributed by atoms with van der Waals surface area (Å²) >= 11 is 0. The molecule has 412 valence electrons. The molecule has 1 heterocycles. The molecule has 5 heteroatoms. The van der Waals surface area contributed by atoms with E-state index in [-0.39, 0.29) is 21.7 Å². The average molecular weight is 1020 g/mol. The summed E-state index contributed by atoms with van der Waals surface area (Å²) in [4.78, 5) is 0. The monoisotopic (exact) mass is 1010 g/mol. The number of hydrogen-bond acceptors (Lipinski definition) is 5. The molecule has 0 amide bonds. The second-order valence-corrected chi connectivity index (χ2v) is 26.2. The molecule has 0 atom stereocenters. The van der Waals surface area contributed by atoms with E-state index >= 15 is 0 Å². The molecular weight excluding hydrogens is 909 g/mol. The average Bonchev–Trinajstić information content (AvgIpc) is 3.31.